The van der Waals surface area contributed by atoms with Gasteiger partial charge < -0.3 is 14.5 Å². The van der Waals surface area contributed by atoms with Crippen molar-refractivity contribution in [3.63, 3.8) is 0 Å². The highest BCUT2D eigenvalue weighted by molar-refractivity contribution is 5.93. The highest BCUT2D eigenvalue weighted by Crippen LogP contribution is 2.23. The van der Waals surface area contributed by atoms with E-state index in [0.717, 1.165) is 22.4 Å². The highest BCUT2D eigenvalue weighted by Gasteiger charge is 2.11. The number of anilines is 1. The van der Waals surface area contributed by atoms with Gasteiger partial charge in [0.15, 0.2) is 12.0 Å². The molecule has 1 heterocycles. The average Bonchev–Trinajstić information content (AvgIpc) is 2.76. The number of rotatable bonds is 5. The third-order valence-electron chi connectivity index (χ3n) is 5.08. The molecule has 0 fully saturated rings. The van der Waals surface area contributed by atoms with Crippen LogP contribution >= 0.6 is 0 Å². The molecule has 0 spiro atoms. The molecular formula is C25H21NO4. The van der Waals surface area contributed by atoms with E-state index >= 15 is 0 Å². The third kappa shape index (κ3) is 3.96. The van der Waals surface area contributed by atoms with Crippen LogP contribution in [0.5, 0.6) is 5.75 Å². The first-order chi connectivity index (χ1) is 14.5. The van der Waals surface area contributed by atoms with Crippen molar-refractivity contribution in [1.82, 2.24) is 0 Å². The Morgan fingerprint density at radius 1 is 1.00 bits per heavy atom. The molecular weight excluding hydrogens is 378 g/mol. The maximum atomic E-state index is 12.8. The van der Waals surface area contributed by atoms with E-state index in [0.29, 0.717) is 22.3 Å². The highest BCUT2D eigenvalue weighted by atomic mass is 16.5. The number of hydrogen-bond acceptors (Lipinski definition) is 4. The summed E-state index contributed by atoms with van der Waals surface area (Å²) in [5, 5.41) is 3.32. The average molecular weight is 399 g/mol. The molecule has 5 nitrogen and oxygen atoms in total. The Bertz CT molecular complexity index is 1280. The van der Waals surface area contributed by atoms with Crippen LogP contribution in [0.4, 0.5) is 5.69 Å². The summed E-state index contributed by atoms with van der Waals surface area (Å²) in [7, 11) is 0. The first-order valence-electron chi connectivity index (χ1n) is 9.63. The van der Waals surface area contributed by atoms with Crippen LogP contribution in [0.1, 0.15) is 11.1 Å². The Kier molecular flexibility index (Phi) is 5.35. The lowest BCUT2D eigenvalue weighted by molar-refractivity contribution is -0.118. The van der Waals surface area contributed by atoms with Crippen LogP contribution in [0.3, 0.4) is 0 Å². The zero-order valence-corrected chi connectivity index (χ0v) is 16.8. The molecule has 0 unspecified atom stereocenters. The lowest BCUT2D eigenvalue weighted by atomic mass is 10.1. The van der Waals surface area contributed by atoms with Gasteiger partial charge in [-0.25, -0.2) is 0 Å². The Morgan fingerprint density at radius 2 is 1.80 bits per heavy atom. The van der Waals surface area contributed by atoms with Crippen LogP contribution in [-0.2, 0) is 4.79 Å². The lowest BCUT2D eigenvalue weighted by Crippen LogP contribution is -2.20. The number of hydrogen-bond donors (Lipinski definition) is 1. The van der Waals surface area contributed by atoms with Gasteiger partial charge >= 0.3 is 0 Å². The summed E-state index contributed by atoms with van der Waals surface area (Å²) in [6.07, 6.45) is 1.46. The third-order valence-corrected chi connectivity index (χ3v) is 5.08. The smallest absolute Gasteiger partial charge is 0.262 e. The van der Waals surface area contributed by atoms with Crippen molar-refractivity contribution in [1.29, 1.82) is 0 Å². The summed E-state index contributed by atoms with van der Waals surface area (Å²) < 4.78 is 11.3. The van der Waals surface area contributed by atoms with Crippen molar-refractivity contribution in [3.05, 3.63) is 94.3 Å². The fourth-order valence-electron chi connectivity index (χ4n) is 3.24. The number of ether oxygens (including phenoxy) is 1. The quantitative estimate of drug-likeness (QED) is 0.507. The number of aryl methyl sites for hydroxylation is 1. The molecule has 0 saturated carbocycles. The summed E-state index contributed by atoms with van der Waals surface area (Å²) in [5.74, 6) is 0.193. The molecule has 0 atom stereocenters. The molecule has 5 heteroatoms. The fourth-order valence-corrected chi connectivity index (χ4v) is 3.24. The molecule has 1 amide bonds. The first kappa shape index (κ1) is 19.5. The minimum Gasteiger partial charge on any atom is -0.484 e. The molecule has 4 aromatic rings. The second-order valence-corrected chi connectivity index (χ2v) is 7.09. The van der Waals surface area contributed by atoms with Gasteiger partial charge in [-0.3, -0.25) is 9.59 Å². The Hall–Kier alpha value is -3.86. The topological polar surface area (TPSA) is 68.5 Å². The van der Waals surface area contributed by atoms with E-state index < -0.39 is 0 Å². The lowest BCUT2D eigenvalue weighted by Gasteiger charge is -2.11. The molecule has 0 aliphatic carbocycles. The van der Waals surface area contributed by atoms with Crippen molar-refractivity contribution >= 4 is 22.6 Å². The van der Waals surface area contributed by atoms with Crippen LogP contribution in [0.2, 0.25) is 0 Å². The van der Waals surface area contributed by atoms with E-state index in [2.05, 4.69) is 5.32 Å². The molecule has 1 aromatic heterocycles. The Labute approximate surface area is 173 Å². The predicted octanol–water partition coefficient (Wildman–Crippen LogP) is 5.09. The standard InChI is InChI=1S/C25H21NO4/c1-16-7-6-10-22(17(16)2)26-24(27)15-29-19-11-12-20-23(13-19)30-14-21(25(20)28)18-8-4-3-5-9-18/h3-14H,15H2,1-2H3,(H,26,27). The fraction of sp³-hybridized carbons (Fsp3) is 0.120. The van der Waals surface area contributed by atoms with Crippen LogP contribution < -0.4 is 15.5 Å². The molecule has 150 valence electrons. The summed E-state index contributed by atoms with van der Waals surface area (Å²) in [4.78, 5) is 25.1. The Morgan fingerprint density at radius 3 is 2.60 bits per heavy atom. The summed E-state index contributed by atoms with van der Waals surface area (Å²) >= 11 is 0. The minimum atomic E-state index is -0.260. The van der Waals surface area contributed by atoms with Crippen LogP contribution in [0.15, 0.2) is 82.2 Å². The van der Waals surface area contributed by atoms with Crippen LogP contribution in [0, 0.1) is 13.8 Å². The maximum absolute atomic E-state index is 12.8. The molecule has 0 bridgehead atoms. The van der Waals surface area contributed by atoms with Gasteiger partial charge in [-0.1, -0.05) is 42.5 Å². The molecule has 0 radical (unpaired) electrons. The molecule has 30 heavy (non-hydrogen) atoms. The number of amides is 1. The summed E-state index contributed by atoms with van der Waals surface area (Å²) in [6, 6.07) is 20.1. The maximum Gasteiger partial charge on any atom is 0.262 e. The van der Waals surface area contributed by atoms with Gasteiger partial charge in [-0.05, 0) is 48.7 Å². The second-order valence-electron chi connectivity index (χ2n) is 7.09. The van der Waals surface area contributed by atoms with Gasteiger partial charge in [0.1, 0.15) is 17.6 Å². The zero-order chi connectivity index (χ0) is 21.1. The van der Waals surface area contributed by atoms with Crippen molar-refractivity contribution in [3.8, 4) is 16.9 Å². The van der Waals surface area contributed by atoms with E-state index in [1.807, 2.05) is 62.4 Å². The summed E-state index contributed by atoms with van der Waals surface area (Å²) in [5.41, 5.74) is 4.50. The molecule has 0 aliphatic heterocycles. The molecule has 4 rings (SSSR count). The van der Waals surface area contributed by atoms with Gasteiger partial charge in [0.2, 0.25) is 0 Å². The number of benzene rings is 3. The van der Waals surface area contributed by atoms with E-state index in [1.165, 1.54) is 6.26 Å². The van der Waals surface area contributed by atoms with E-state index in [1.54, 1.807) is 18.2 Å². The SMILES string of the molecule is Cc1cccc(NC(=O)COc2ccc3c(=O)c(-c4ccccc4)coc3c2)c1C. The van der Waals surface area contributed by atoms with Crippen molar-refractivity contribution in [2.75, 3.05) is 11.9 Å². The van der Waals surface area contributed by atoms with Gasteiger partial charge in [-0.15, -0.1) is 0 Å². The monoisotopic (exact) mass is 399 g/mol. The van der Waals surface area contributed by atoms with Gasteiger partial charge in [0.05, 0.1) is 10.9 Å². The van der Waals surface area contributed by atoms with Crippen molar-refractivity contribution in [2.45, 2.75) is 13.8 Å². The number of nitrogens with one attached hydrogen (secondary N) is 1. The molecule has 1 N–H and O–H groups in total. The largest absolute Gasteiger partial charge is 0.484 e. The molecule has 0 aliphatic rings. The van der Waals surface area contributed by atoms with E-state index in [9.17, 15) is 9.59 Å². The second kappa shape index (κ2) is 8.25. The summed E-state index contributed by atoms with van der Waals surface area (Å²) in [6.45, 7) is 3.81. The van der Waals surface area contributed by atoms with E-state index in [-0.39, 0.29) is 17.9 Å². The number of carbonyl (C=O) groups excluding carboxylic acids is 1. The normalized spacial score (nSPS) is 10.7. The first-order valence-corrected chi connectivity index (χ1v) is 9.63. The van der Waals surface area contributed by atoms with E-state index in [4.69, 9.17) is 9.15 Å². The predicted molar refractivity (Wildman–Crippen MR) is 118 cm³/mol. The van der Waals surface area contributed by atoms with Gasteiger partial charge in [-0.2, -0.15) is 0 Å². The van der Waals surface area contributed by atoms with Gasteiger partial charge in [0.25, 0.3) is 5.91 Å². The van der Waals surface area contributed by atoms with Crippen molar-refractivity contribution < 1.29 is 13.9 Å². The minimum absolute atomic E-state index is 0.110. The van der Waals surface area contributed by atoms with Crippen LogP contribution in [0.25, 0.3) is 22.1 Å². The number of fused-ring (bicyclic) bond motifs is 1. The molecule has 3 aromatic carbocycles. The van der Waals surface area contributed by atoms with Crippen molar-refractivity contribution in [2.24, 2.45) is 0 Å². The van der Waals surface area contributed by atoms with Crippen LogP contribution in [-0.4, -0.2) is 12.5 Å². The van der Waals surface area contributed by atoms with Gasteiger partial charge in [0, 0.05) is 11.8 Å². The Balaban J connectivity index is 1.49. The zero-order valence-electron chi connectivity index (χ0n) is 16.8. The number of carbonyl (C=O) groups is 1. The molecule has 0 saturated heterocycles.